The van der Waals surface area contributed by atoms with Crippen LogP contribution < -0.4 is 5.32 Å². The topological polar surface area (TPSA) is 50.2 Å². The Morgan fingerprint density at radius 2 is 2.23 bits per heavy atom. The van der Waals surface area contributed by atoms with E-state index in [-0.39, 0.29) is 18.0 Å². The van der Waals surface area contributed by atoms with Gasteiger partial charge in [0.25, 0.3) is 0 Å². The van der Waals surface area contributed by atoms with Gasteiger partial charge in [-0.15, -0.1) is 11.3 Å². The number of carbonyl (C=O) groups is 1. The highest BCUT2D eigenvalue weighted by Gasteiger charge is 2.35. The Balaban J connectivity index is 1.78. The van der Waals surface area contributed by atoms with Gasteiger partial charge in [-0.25, -0.2) is 0 Å². The Bertz CT molecular complexity index is 668. The van der Waals surface area contributed by atoms with E-state index in [4.69, 9.17) is 11.6 Å². The van der Waals surface area contributed by atoms with E-state index in [9.17, 15) is 4.79 Å². The van der Waals surface area contributed by atoms with Gasteiger partial charge in [-0.3, -0.25) is 9.48 Å². The average molecular weight is 339 g/mol. The summed E-state index contributed by atoms with van der Waals surface area (Å²) in [6.07, 6.45) is 3.18. The molecule has 3 heterocycles. The van der Waals surface area contributed by atoms with Crippen LogP contribution in [0.2, 0.25) is 4.34 Å². The van der Waals surface area contributed by atoms with Crippen molar-refractivity contribution in [3.05, 3.63) is 39.3 Å². The van der Waals surface area contributed by atoms with Crippen LogP contribution in [0.25, 0.3) is 0 Å². The molecule has 2 aromatic rings. The van der Waals surface area contributed by atoms with Gasteiger partial charge < -0.3 is 10.2 Å². The minimum atomic E-state index is 0.00387. The first-order valence-electron chi connectivity index (χ1n) is 7.27. The van der Waals surface area contributed by atoms with Crippen LogP contribution in [0.3, 0.4) is 0 Å². The highest BCUT2D eigenvalue weighted by Crippen LogP contribution is 2.31. The smallest absolute Gasteiger partial charge is 0.222 e. The summed E-state index contributed by atoms with van der Waals surface area (Å²) >= 11 is 7.57. The molecular weight excluding hydrogens is 320 g/mol. The van der Waals surface area contributed by atoms with Gasteiger partial charge in [0.1, 0.15) is 0 Å². The van der Waals surface area contributed by atoms with Crippen LogP contribution in [-0.4, -0.2) is 33.7 Å². The Kier molecular flexibility index (Phi) is 4.52. The predicted octanol–water partition coefficient (Wildman–Crippen LogP) is 2.59. The summed E-state index contributed by atoms with van der Waals surface area (Å²) in [6, 6.07) is 6.15. The molecule has 1 fully saturated rings. The normalized spacial score (nSPS) is 22.3. The first-order valence-corrected chi connectivity index (χ1v) is 8.47. The SMILES string of the molecule is CN1C(=O)CC[C@H](NCc2ccc(Cl)s2)[C@H]1c1ccnn1C. The first-order chi connectivity index (χ1) is 10.6. The van der Waals surface area contributed by atoms with Crippen molar-refractivity contribution >= 4 is 28.8 Å². The van der Waals surface area contributed by atoms with E-state index in [1.54, 1.807) is 17.5 Å². The van der Waals surface area contributed by atoms with Crippen LogP contribution in [0.15, 0.2) is 24.4 Å². The summed E-state index contributed by atoms with van der Waals surface area (Å²) < 4.78 is 2.65. The lowest BCUT2D eigenvalue weighted by atomic mass is 9.93. The van der Waals surface area contributed by atoms with Gasteiger partial charge in [-0.2, -0.15) is 5.10 Å². The van der Waals surface area contributed by atoms with Crippen molar-refractivity contribution in [3.63, 3.8) is 0 Å². The van der Waals surface area contributed by atoms with Gasteiger partial charge in [0.05, 0.1) is 16.1 Å². The molecule has 0 unspecified atom stereocenters. The molecule has 1 amide bonds. The molecular formula is C15H19ClN4OS. The minimum absolute atomic E-state index is 0.00387. The summed E-state index contributed by atoms with van der Waals surface area (Å²) in [5.41, 5.74) is 1.05. The first kappa shape index (κ1) is 15.5. The maximum Gasteiger partial charge on any atom is 0.222 e. The molecule has 0 bridgehead atoms. The highest BCUT2D eigenvalue weighted by molar-refractivity contribution is 7.16. The Hall–Kier alpha value is -1.37. The Labute approximate surface area is 138 Å². The number of thiophene rings is 1. The van der Waals surface area contributed by atoms with E-state index in [1.165, 1.54) is 4.88 Å². The van der Waals surface area contributed by atoms with E-state index in [0.29, 0.717) is 6.42 Å². The number of nitrogens with zero attached hydrogens (tertiary/aromatic N) is 3. The predicted molar refractivity (Wildman–Crippen MR) is 87.9 cm³/mol. The summed E-state index contributed by atoms with van der Waals surface area (Å²) in [6.45, 7) is 0.762. The molecule has 0 spiro atoms. The number of aryl methyl sites for hydroxylation is 1. The zero-order valence-corrected chi connectivity index (χ0v) is 14.2. The lowest BCUT2D eigenvalue weighted by Crippen LogP contribution is -2.49. The summed E-state index contributed by atoms with van der Waals surface area (Å²) in [7, 11) is 3.79. The average Bonchev–Trinajstić information content (AvgIpc) is 3.09. The second-order valence-corrected chi connectivity index (χ2v) is 7.36. The molecule has 1 saturated heterocycles. The molecule has 0 radical (unpaired) electrons. The zero-order valence-electron chi connectivity index (χ0n) is 12.6. The van der Waals surface area contributed by atoms with Crippen molar-refractivity contribution in [2.75, 3.05) is 7.05 Å². The van der Waals surface area contributed by atoms with Crippen molar-refractivity contribution in [2.45, 2.75) is 31.5 Å². The molecule has 1 aliphatic heterocycles. The third-order valence-electron chi connectivity index (χ3n) is 4.19. The maximum atomic E-state index is 12.1. The van der Waals surface area contributed by atoms with Gasteiger partial charge in [-0.05, 0) is 24.6 Å². The zero-order chi connectivity index (χ0) is 15.7. The van der Waals surface area contributed by atoms with Gasteiger partial charge >= 0.3 is 0 Å². The van der Waals surface area contributed by atoms with Crippen LogP contribution in [0.5, 0.6) is 0 Å². The minimum Gasteiger partial charge on any atom is -0.336 e. The molecule has 3 rings (SSSR count). The molecule has 0 aliphatic carbocycles. The second-order valence-electron chi connectivity index (χ2n) is 5.56. The van der Waals surface area contributed by atoms with Crippen LogP contribution in [0.4, 0.5) is 0 Å². The lowest BCUT2D eigenvalue weighted by Gasteiger charge is -2.39. The van der Waals surface area contributed by atoms with E-state index in [1.807, 2.05) is 41.9 Å². The second kappa shape index (κ2) is 6.40. The standard InChI is InChI=1S/C15H19ClN4OS/c1-19-14(21)6-4-11(15(19)12-7-8-18-20(12)2)17-9-10-3-5-13(16)22-10/h3,5,7-8,11,15,17H,4,6,9H2,1-2H3/t11-,15-/m0/s1. The molecule has 2 atom stereocenters. The van der Waals surface area contributed by atoms with Crippen molar-refractivity contribution in [1.82, 2.24) is 20.0 Å². The maximum absolute atomic E-state index is 12.1. The van der Waals surface area contributed by atoms with Gasteiger partial charge in [0, 0.05) is 44.2 Å². The lowest BCUT2D eigenvalue weighted by molar-refractivity contribution is -0.136. The molecule has 2 aromatic heterocycles. The number of rotatable bonds is 4. The van der Waals surface area contributed by atoms with Crippen molar-refractivity contribution in [2.24, 2.45) is 7.05 Å². The number of halogens is 1. The third kappa shape index (κ3) is 3.04. The van der Waals surface area contributed by atoms with Crippen LogP contribution in [0.1, 0.15) is 29.5 Å². The van der Waals surface area contributed by atoms with Gasteiger partial charge in [-0.1, -0.05) is 11.6 Å². The number of aromatic nitrogens is 2. The Morgan fingerprint density at radius 1 is 1.41 bits per heavy atom. The van der Waals surface area contributed by atoms with E-state index < -0.39 is 0 Å². The monoisotopic (exact) mass is 338 g/mol. The molecule has 118 valence electrons. The van der Waals surface area contributed by atoms with E-state index in [0.717, 1.165) is 23.0 Å². The number of piperidine rings is 1. The number of hydrogen-bond acceptors (Lipinski definition) is 4. The van der Waals surface area contributed by atoms with Crippen LogP contribution >= 0.6 is 22.9 Å². The molecule has 0 saturated carbocycles. The largest absolute Gasteiger partial charge is 0.336 e. The number of nitrogens with one attached hydrogen (secondary N) is 1. The summed E-state index contributed by atoms with van der Waals surface area (Å²) in [5, 5.41) is 7.83. The molecule has 1 aliphatic rings. The van der Waals surface area contributed by atoms with Gasteiger partial charge in [0.15, 0.2) is 0 Å². The third-order valence-corrected chi connectivity index (χ3v) is 5.42. The van der Waals surface area contributed by atoms with Crippen LogP contribution in [-0.2, 0) is 18.4 Å². The molecule has 22 heavy (non-hydrogen) atoms. The summed E-state index contributed by atoms with van der Waals surface area (Å²) in [4.78, 5) is 15.1. The number of likely N-dealkylation sites (tertiary alicyclic amines) is 1. The summed E-state index contributed by atoms with van der Waals surface area (Å²) in [5.74, 6) is 0.184. The van der Waals surface area contributed by atoms with Crippen LogP contribution in [0, 0.1) is 0 Å². The fourth-order valence-electron chi connectivity index (χ4n) is 3.01. The van der Waals surface area contributed by atoms with E-state index in [2.05, 4.69) is 10.4 Å². The van der Waals surface area contributed by atoms with Gasteiger partial charge in [0.2, 0.25) is 5.91 Å². The molecule has 5 nitrogen and oxygen atoms in total. The van der Waals surface area contributed by atoms with E-state index >= 15 is 0 Å². The fourth-order valence-corrected chi connectivity index (χ4v) is 4.05. The fraction of sp³-hybridized carbons (Fsp3) is 0.467. The number of carbonyl (C=O) groups excluding carboxylic acids is 1. The molecule has 7 heteroatoms. The number of amides is 1. The van der Waals surface area contributed by atoms with Crippen molar-refractivity contribution in [3.8, 4) is 0 Å². The molecule has 1 N–H and O–H groups in total. The van der Waals surface area contributed by atoms with Crippen molar-refractivity contribution < 1.29 is 4.79 Å². The Morgan fingerprint density at radius 3 is 2.86 bits per heavy atom. The number of likely N-dealkylation sites (N-methyl/N-ethyl adjacent to an activating group) is 1. The quantitative estimate of drug-likeness (QED) is 0.932. The highest BCUT2D eigenvalue weighted by atomic mass is 35.5. The van der Waals surface area contributed by atoms with Crippen molar-refractivity contribution in [1.29, 1.82) is 0 Å². The molecule has 0 aromatic carbocycles. The number of hydrogen-bond donors (Lipinski definition) is 1.